The summed E-state index contributed by atoms with van der Waals surface area (Å²) in [7, 11) is 0. The zero-order chi connectivity index (χ0) is 13.2. The van der Waals surface area contributed by atoms with E-state index in [-0.39, 0.29) is 5.56 Å². The van der Waals surface area contributed by atoms with Crippen molar-refractivity contribution in [2.24, 2.45) is 0 Å². The maximum Gasteiger partial charge on any atom is 0.387 e. The summed E-state index contributed by atoms with van der Waals surface area (Å²) in [5.74, 6) is -2.18. The number of ether oxygens (including phenoxy) is 1. The topological polar surface area (TPSA) is 89.7 Å². The van der Waals surface area contributed by atoms with Gasteiger partial charge in [0.15, 0.2) is 0 Å². The van der Waals surface area contributed by atoms with Gasteiger partial charge in [-0.2, -0.15) is 8.78 Å². The summed E-state index contributed by atoms with van der Waals surface area (Å²) in [4.78, 5) is 20.5. The van der Waals surface area contributed by atoms with Gasteiger partial charge < -0.3 is 9.84 Å². The van der Waals surface area contributed by atoms with E-state index in [1.54, 1.807) is 0 Å². The molecule has 0 saturated heterocycles. The SMILES string of the molecule is Cc1cc(OC(F)F)c(C(=O)O)cc1[N+](=O)[O-]. The van der Waals surface area contributed by atoms with Gasteiger partial charge in [-0.3, -0.25) is 10.1 Å². The Morgan fingerprint density at radius 1 is 1.53 bits per heavy atom. The summed E-state index contributed by atoms with van der Waals surface area (Å²) in [5, 5.41) is 19.3. The van der Waals surface area contributed by atoms with E-state index in [1.807, 2.05) is 0 Å². The Bertz CT molecular complexity index is 475. The third-order valence-corrected chi connectivity index (χ3v) is 1.94. The number of nitro groups is 1. The number of nitrogens with zero attached hydrogens (tertiary/aromatic N) is 1. The lowest BCUT2D eigenvalue weighted by Gasteiger charge is -2.09. The predicted octanol–water partition coefficient (Wildman–Crippen LogP) is 2.20. The molecule has 92 valence electrons. The number of hydrogen-bond donors (Lipinski definition) is 1. The van der Waals surface area contributed by atoms with Crippen molar-refractivity contribution < 1.29 is 28.3 Å². The molecule has 1 aromatic rings. The molecule has 6 nitrogen and oxygen atoms in total. The van der Waals surface area contributed by atoms with E-state index < -0.39 is 34.5 Å². The smallest absolute Gasteiger partial charge is 0.387 e. The van der Waals surface area contributed by atoms with Crippen LogP contribution in [0.2, 0.25) is 0 Å². The Labute approximate surface area is 93.6 Å². The van der Waals surface area contributed by atoms with Crippen LogP contribution in [-0.2, 0) is 0 Å². The normalized spacial score (nSPS) is 10.4. The minimum atomic E-state index is -3.20. The highest BCUT2D eigenvalue weighted by atomic mass is 19.3. The Balaban J connectivity index is 3.35. The van der Waals surface area contributed by atoms with Crippen molar-refractivity contribution in [1.82, 2.24) is 0 Å². The quantitative estimate of drug-likeness (QED) is 0.650. The van der Waals surface area contributed by atoms with Crippen molar-refractivity contribution in [3.05, 3.63) is 33.4 Å². The Kier molecular flexibility index (Phi) is 3.56. The lowest BCUT2D eigenvalue weighted by atomic mass is 10.1. The summed E-state index contributed by atoms with van der Waals surface area (Å²) in [6, 6.07) is 1.59. The van der Waals surface area contributed by atoms with Gasteiger partial charge in [0.25, 0.3) is 5.69 Å². The number of aryl methyl sites for hydroxylation is 1. The maximum atomic E-state index is 12.0. The molecule has 0 saturated carbocycles. The van der Waals surface area contributed by atoms with Crippen molar-refractivity contribution in [2.75, 3.05) is 0 Å². The molecule has 8 heteroatoms. The summed E-state index contributed by atoms with van der Waals surface area (Å²) in [5.41, 5.74) is -1.11. The first kappa shape index (κ1) is 12.8. The second-order valence-corrected chi connectivity index (χ2v) is 3.08. The largest absolute Gasteiger partial charge is 0.478 e. The Hall–Kier alpha value is -2.25. The molecule has 0 aliphatic heterocycles. The van der Waals surface area contributed by atoms with Gasteiger partial charge in [0.1, 0.15) is 11.3 Å². The molecule has 0 atom stereocenters. The minimum Gasteiger partial charge on any atom is -0.478 e. The standard InChI is InChI=1S/C9H7F2NO5/c1-4-2-7(17-9(10)11)5(8(13)14)3-6(4)12(15)16/h2-3,9H,1H3,(H,13,14). The zero-order valence-corrected chi connectivity index (χ0v) is 8.52. The van der Waals surface area contributed by atoms with E-state index in [1.165, 1.54) is 6.92 Å². The van der Waals surface area contributed by atoms with Crippen LogP contribution in [0.1, 0.15) is 15.9 Å². The highest BCUT2D eigenvalue weighted by molar-refractivity contribution is 5.92. The number of carboxylic acid groups (broad SMARTS) is 1. The van der Waals surface area contributed by atoms with Crippen LogP contribution < -0.4 is 4.74 Å². The van der Waals surface area contributed by atoms with Gasteiger partial charge in [-0.05, 0) is 13.0 Å². The lowest BCUT2D eigenvalue weighted by molar-refractivity contribution is -0.385. The number of rotatable bonds is 4. The Morgan fingerprint density at radius 3 is 2.53 bits per heavy atom. The van der Waals surface area contributed by atoms with Crippen LogP contribution in [0.4, 0.5) is 14.5 Å². The first-order chi connectivity index (χ1) is 7.82. The van der Waals surface area contributed by atoms with Crippen LogP contribution in [0.5, 0.6) is 5.75 Å². The second-order valence-electron chi connectivity index (χ2n) is 3.08. The third-order valence-electron chi connectivity index (χ3n) is 1.94. The van der Waals surface area contributed by atoms with E-state index >= 15 is 0 Å². The summed E-state index contributed by atoms with van der Waals surface area (Å²) < 4.78 is 28.0. The first-order valence-corrected chi connectivity index (χ1v) is 4.30. The number of aromatic carboxylic acids is 1. The molecule has 0 aliphatic carbocycles. The summed E-state index contributed by atoms with van der Waals surface area (Å²) >= 11 is 0. The lowest BCUT2D eigenvalue weighted by Crippen LogP contribution is -2.09. The molecule has 0 unspecified atom stereocenters. The van der Waals surface area contributed by atoms with Crippen molar-refractivity contribution in [3.63, 3.8) is 0 Å². The van der Waals surface area contributed by atoms with Gasteiger partial charge in [-0.15, -0.1) is 0 Å². The molecule has 0 aromatic heterocycles. The molecular formula is C9H7F2NO5. The van der Waals surface area contributed by atoms with Crippen LogP contribution in [0.15, 0.2) is 12.1 Å². The predicted molar refractivity (Wildman–Crippen MR) is 51.4 cm³/mol. The van der Waals surface area contributed by atoms with Gasteiger partial charge >= 0.3 is 12.6 Å². The Morgan fingerprint density at radius 2 is 2.12 bits per heavy atom. The fourth-order valence-electron chi connectivity index (χ4n) is 1.23. The van der Waals surface area contributed by atoms with Crippen LogP contribution in [-0.4, -0.2) is 22.6 Å². The molecule has 0 aliphatic rings. The van der Waals surface area contributed by atoms with Crippen LogP contribution >= 0.6 is 0 Å². The number of carbonyl (C=O) groups is 1. The third kappa shape index (κ3) is 2.86. The number of alkyl halides is 2. The fraction of sp³-hybridized carbons (Fsp3) is 0.222. The van der Waals surface area contributed by atoms with Crippen LogP contribution in [0.25, 0.3) is 0 Å². The molecule has 0 radical (unpaired) electrons. The van der Waals surface area contributed by atoms with Crippen molar-refractivity contribution in [3.8, 4) is 5.75 Å². The monoisotopic (exact) mass is 247 g/mol. The maximum absolute atomic E-state index is 12.0. The minimum absolute atomic E-state index is 0.0376. The molecular weight excluding hydrogens is 240 g/mol. The van der Waals surface area contributed by atoms with Gasteiger partial charge in [-0.25, -0.2) is 4.79 Å². The van der Waals surface area contributed by atoms with Crippen molar-refractivity contribution >= 4 is 11.7 Å². The fourth-order valence-corrected chi connectivity index (χ4v) is 1.23. The van der Waals surface area contributed by atoms with E-state index in [0.29, 0.717) is 6.07 Å². The number of carboxylic acids is 1. The van der Waals surface area contributed by atoms with Crippen LogP contribution in [0, 0.1) is 17.0 Å². The molecule has 0 amide bonds. The number of hydrogen-bond acceptors (Lipinski definition) is 4. The van der Waals surface area contributed by atoms with Gasteiger partial charge in [0.05, 0.1) is 4.92 Å². The van der Waals surface area contributed by atoms with Crippen molar-refractivity contribution in [1.29, 1.82) is 0 Å². The summed E-state index contributed by atoms with van der Waals surface area (Å²) in [6.45, 7) is -1.91. The number of benzene rings is 1. The molecule has 0 fully saturated rings. The van der Waals surface area contributed by atoms with E-state index in [0.717, 1.165) is 6.07 Å². The van der Waals surface area contributed by atoms with Gasteiger partial charge in [0.2, 0.25) is 0 Å². The van der Waals surface area contributed by atoms with Gasteiger partial charge in [-0.1, -0.05) is 0 Å². The molecule has 1 rings (SSSR count). The molecule has 1 N–H and O–H groups in total. The van der Waals surface area contributed by atoms with E-state index in [2.05, 4.69) is 4.74 Å². The highest BCUT2D eigenvalue weighted by Crippen LogP contribution is 2.29. The van der Waals surface area contributed by atoms with Crippen molar-refractivity contribution in [2.45, 2.75) is 13.5 Å². The van der Waals surface area contributed by atoms with Crippen LogP contribution in [0.3, 0.4) is 0 Å². The molecule has 0 spiro atoms. The molecule has 17 heavy (non-hydrogen) atoms. The number of nitro benzene ring substituents is 1. The molecule has 1 aromatic carbocycles. The average molecular weight is 247 g/mol. The summed E-state index contributed by atoms with van der Waals surface area (Å²) in [6.07, 6.45) is 0. The first-order valence-electron chi connectivity index (χ1n) is 4.30. The second kappa shape index (κ2) is 4.73. The molecule has 0 heterocycles. The zero-order valence-electron chi connectivity index (χ0n) is 8.52. The van der Waals surface area contributed by atoms with E-state index in [4.69, 9.17) is 5.11 Å². The molecule has 0 bridgehead atoms. The highest BCUT2D eigenvalue weighted by Gasteiger charge is 2.22. The number of halogens is 2. The van der Waals surface area contributed by atoms with E-state index in [9.17, 15) is 23.7 Å². The van der Waals surface area contributed by atoms with Gasteiger partial charge in [0, 0.05) is 11.6 Å². The average Bonchev–Trinajstić information content (AvgIpc) is 2.15.